The Morgan fingerprint density at radius 2 is 1.85 bits per heavy atom. The van der Waals surface area contributed by atoms with Gasteiger partial charge >= 0.3 is 0 Å². The van der Waals surface area contributed by atoms with Crippen LogP contribution < -0.4 is 15.8 Å². The summed E-state index contributed by atoms with van der Waals surface area (Å²) in [7, 11) is 0. The van der Waals surface area contributed by atoms with Crippen molar-refractivity contribution < 1.29 is 4.74 Å². The number of nitrogens with one attached hydrogen (secondary N) is 1. The van der Waals surface area contributed by atoms with Gasteiger partial charge in [-0.3, -0.25) is 4.98 Å². The molecule has 1 fully saturated rings. The molecule has 1 aromatic carbocycles. The van der Waals surface area contributed by atoms with Crippen LogP contribution in [0.2, 0.25) is 5.15 Å². The van der Waals surface area contributed by atoms with Gasteiger partial charge in [0.2, 0.25) is 0 Å². The van der Waals surface area contributed by atoms with Gasteiger partial charge in [-0.2, -0.15) is 0 Å². The van der Waals surface area contributed by atoms with Gasteiger partial charge in [-0.05, 0) is 43.9 Å². The van der Waals surface area contributed by atoms with Crippen LogP contribution in [0.4, 0.5) is 11.5 Å². The topological polar surface area (TPSA) is 98.8 Å². The number of rotatable bonds is 4. The van der Waals surface area contributed by atoms with Crippen molar-refractivity contribution in [2.45, 2.75) is 37.8 Å². The molecule has 1 aliphatic rings. The van der Waals surface area contributed by atoms with Gasteiger partial charge in [0.1, 0.15) is 17.1 Å². The highest BCUT2D eigenvalue weighted by Gasteiger charge is 2.23. The third-order valence-corrected chi connectivity index (χ3v) is 4.71. The van der Waals surface area contributed by atoms with E-state index in [1.807, 2.05) is 18.2 Å². The highest BCUT2D eigenvalue weighted by atomic mass is 35.5. The third kappa shape index (κ3) is 3.77. The molecule has 0 aliphatic heterocycles. The lowest BCUT2D eigenvalue weighted by atomic mass is 9.93. The van der Waals surface area contributed by atoms with E-state index < -0.39 is 0 Å². The molecule has 1 aliphatic carbocycles. The summed E-state index contributed by atoms with van der Waals surface area (Å²) >= 11 is 5.77. The molecule has 0 saturated heterocycles. The molecule has 0 atom stereocenters. The lowest BCUT2D eigenvalue weighted by Gasteiger charge is -2.30. The number of nitrogen functional groups attached to an aromatic ring is 1. The predicted octanol–water partition coefficient (Wildman–Crippen LogP) is 3.46. The number of fused-ring (bicyclic) bond motifs is 1. The van der Waals surface area contributed by atoms with E-state index >= 15 is 0 Å². The van der Waals surface area contributed by atoms with E-state index in [4.69, 9.17) is 22.1 Å². The fourth-order valence-electron chi connectivity index (χ4n) is 3.26. The van der Waals surface area contributed by atoms with E-state index in [1.54, 1.807) is 18.5 Å². The minimum absolute atomic E-state index is 0.136. The summed E-state index contributed by atoms with van der Waals surface area (Å²) in [4.78, 5) is 8.69. The van der Waals surface area contributed by atoms with E-state index in [-0.39, 0.29) is 6.10 Å². The van der Waals surface area contributed by atoms with E-state index in [0.717, 1.165) is 42.5 Å². The predicted molar refractivity (Wildman–Crippen MR) is 101 cm³/mol. The van der Waals surface area contributed by atoms with Crippen molar-refractivity contribution in [1.82, 2.24) is 20.2 Å². The Morgan fingerprint density at radius 1 is 1.04 bits per heavy atom. The van der Waals surface area contributed by atoms with Gasteiger partial charge < -0.3 is 15.8 Å². The molecule has 2 heterocycles. The van der Waals surface area contributed by atoms with Crippen molar-refractivity contribution in [1.29, 1.82) is 0 Å². The summed E-state index contributed by atoms with van der Waals surface area (Å²) in [5, 5.41) is 11.7. The van der Waals surface area contributed by atoms with Gasteiger partial charge in [-0.25, -0.2) is 4.98 Å². The largest absolute Gasteiger partial charge is 0.488 e. The number of ether oxygens (including phenoxy) is 1. The number of benzene rings is 1. The van der Waals surface area contributed by atoms with Crippen molar-refractivity contribution >= 4 is 34.1 Å². The molecule has 4 rings (SSSR count). The monoisotopic (exact) mass is 370 g/mol. The first-order valence-electron chi connectivity index (χ1n) is 8.60. The Morgan fingerprint density at radius 3 is 2.62 bits per heavy atom. The first-order chi connectivity index (χ1) is 12.7. The second-order valence-electron chi connectivity index (χ2n) is 6.42. The minimum atomic E-state index is 0.136. The lowest BCUT2D eigenvalue weighted by molar-refractivity contribution is 0.152. The van der Waals surface area contributed by atoms with Crippen molar-refractivity contribution in [2.24, 2.45) is 0 Å². The van der Waals surface area contributed by atoms with Gasteiger partial charge in [0.05, 0.1) is 11.6 Å². The smallest absolute Gasteiger partial charge is 0.151 e. The molecule has 0 amide bonds. The molecule has 7 nitrogen and oxygen atoms in total. The highest BCUT2D eigenvalue weighted by Crippen LogP contribution is 2.30. The highest BCUT2D eigenvalue weighted by molar-refractivity contribution is 6.29. The van der Waals surface area contributed by atoms with E-state index in [1.165, 1.54) is 0 Å². The van der Waals surface area contributed by atoms with Crippen LogP contribution >= 0.6 is 11.6 Å². The maximum absolute atomic E-state index is 6.21. The van der Waals surface area contributed by atoms with E-state index in [0.29, 0.717) is 22.6 Å². The maximum Gasteiger partial charge on any atom is 0.151 e. The van der Waals surface area contributed by atoms with Crippen LogP contribution in [0.5, 0.6) is 5.75 Å². The zero-order chi connectivity index (χ0) is 17.9. The number of nitrogens with zero attached hydrogens (tertiary/aromatic N) is 4. The normalized spacial score (nSPS) is 20.0. The summed E-state index contributed by atoms with van der Waals surface area (Å²) in [6.45, 7) is 0. The molecule has 0 unspecified atom stereocenters. The molecule has 3 N–H and O–H groups in total. The first-order valence-corrected chi connectivity index (χ1v) is 8.98. The van der Waals surface area contributed by atoms with Gasteiger partial charge in [-0.1, -0.05) is 11.6 Å². The van der Waals surface area contributed by atoms with Crippen LogP contribution in [0.1, 0.15) is 25.7 Å². The van der Waals surface area contributed by atoms with Crippen LogP contribution in [0.3, 0.4) is 0 Å². The molecule has 134 valence electrons. The third-order valence-electron chi connectivity index (χ3n) is 4.51. The molecule has 0 bridgehead atoms. The molecule has 1 saturated carbocycles. The standard InChI is InChI=1S/C18H19ClN6O/c19-16-5-6-17(25-24-16)23-12-1-3-13(4-2-12)26-15-10-11(20)9-14-18(15)22-8-7-21-14/h5-10,12-13H,1-4,20H2,(H,23,25). The van der Waals surface area contributed by atoms with Crippen LogP contribution in [-0.4, -0.2) is 32.3 Å². The van der Waals surface area contributed by atoms with Crippen molar-refractivity contribution in [2.75, 3.05) is 11.1 Å². The summed E-state index contributed by atoms with van der Waals surface area (Å²) in [6, 6.07) is 7.56. The second kappa shape index (κ2) is 7.29. The Kier molecular flexibility index (Phi) is 4.71. The summed E-state index contributed by atoms with van der Waals surface area (Å²) < 4.78 is 6.21. The van der Waals surface area contributed by atoms with Gasteiger partial charge in [-0.15, -0.1) is 10.2 Å². The molecule has 3 aromatic rings. The maximum atomic E-state index is 6.21. The Labute approximate surface area is 156 Å². The zero-order valence-corrected chi connectivity index (χ0v) is 14.9. The van der Waals surface area contributed by atoms with Gasteiger partial charge in [0, 0.05) is 30.2 Å². The number of aromatic nitrogens is 4. The van der Waals surface area contributed by atoms with Crippen LogP contribution in [0.15, 0.2) is 36.7 Å². The molecular formula is C18H19ClN6O. The molecule has 26 heavy (non-hydrogen) atoms. The number of hydrogen-bond donors (Lipinski definition) is 2. The van der Waals surface area contributed by atoms with Crippen LogP contribution in [0, 0.1) is 0 Å². The molecule has 8 heteroatoms. The Bertz CT molecular complexity index is 896. The summed E-state index contributed by atoms with van der Waals surface area (Å²) in [5.41, 5.74) is 8.10. The fraction of sp³-hybridized carbons (Fsp3) is 0.333. The Hall–Kier alpha value is -2.67. The molecule has 2 aromatic heterocycles. The number of anilines is 2. The van der Waals surface area contributed by atoms with Crippen molar-refractivity contribution in [3.8, 4) is 5.75 Å². The average Bonchev–Trinajstić information content (AvgIpc) is 2.65. The Balaban J connectivity index is 1.39. The van der Waals surface area contributed by atoms with Crippen LogP contribution in [0.25, 0.3) is 11.0 Å². The van der Waals surface area contributed by atoms with E-state index in [2.05, 4.69) is 25.5 Å². The summed E-state index contributed by atoms with van der Waals surface area (Å²) in [6.07, 6.45) is 7.31. The number of nitrogens with two attached hydrogens (primary N) is 1. The first kappa shape index (κ1) is 16.8. The van der Waals surface area contributed by atoms with E-state index in [9.17, 15) is 0 Å². The molecule has 0 radical (unpaired) electrons. The summed E-state index contributed by atoms with van der Waals surface area (Å²) in [5.74, 6) is 1.45. The zero-order valence-electron chi connectivity index (χ0n) is 14.1. The molecule has 0 spiro atoms. The van der Waals surface area contributed by atoms with Gasteiger partial charge in [0.15, 0.2) is 5.15 Å². The number of halogens is 1. The average molecular weight is 371 g/mol. The fourth-order valence-corrected chi connectivity index (χ4v) is 3.36. The van der Waals surface area contributed by atoms with Crippen molar-refractivity contribution in [3.05, 3.63) is 41.8 Å². The SMILES string of the molecule is Nc1cc(OC2CCC(Nc3ccc(Cl)nn3)CC2)c2nccnc2c1. The van der Waals surface area contributed by atoms with Crippen molar-refractivity contribution in [3.63, 3.8) is 0 Å². The van der Waals surface area contributed by atoms with Gasteiger partial charge in [0.25, 0.3) is 0 Å². The quantitative estimate of drug-likeness (QED) is 0.678. The number of hydrogen-bond acceptors (Lipinski definition) is 7. The lowest BCUT2D eigenvalue weighted by Crippen LogP contribution is -2.31. The minimum Gasteiger partial charge on any atom is -0.488 e. The van der Waals surface area contributed by atoms with Crippen LogP contribution in [-0.2, 0) is 0 Å². The molecular weight excluding hydrogens is 352 g/mol. The second-order valence-corrected chi connectivity index (χ2v) is 6.81.